The molecule has 1 heterocycles. The second kappa shape index (κ2) is 12.6. The van der Waals surface area contributed by atoms with Crippen LogP contribution in [0.3, 0.4) is 0 Å². The highest BCUT2D eigenvalue weighted by atomic mass is 16.3. The van der Waals surface area contributed by atoms with E-state index in [-0.39, 0.29) is 24.9 Å². The van der Waals surface area contributed by atoms with Gasteiger partial charge in [-0.3, -0.25) is 14.4 Å². The maximum Gasteiger partial charge on any atom is 0.242 e. The molecular formula is C26H37N5O4. The molecule has 1 aliphatic heterocycles. The van der Waals surface area contributed by atoms with Crippen molar-refractivity contribution in [3.05, 3.63) is 48.0 Å². The van der Waals surface area contributed by atoms with Crippen molar-refractivity contribution >= 4 is 28.5 Å². The predicted octanol–water partition coefficient (Wildman–Crippen LogP) is 0.136. The van der Waals surface area contributed by atoms with Crippen LogP contribution >= 0.6 is 0 Å². The van der Waals surface area contributed by atoms with Crippen molar-refractivity contribution in [3.8, 4) is 0 Å². The lowest BCUT2D eigenvalue weighted by Gasteiger charge is -2.22. The molecule has 0 radical (unpaired) electrons. The first-order valence-electron chi connectivity index (χ1n) is 12.3. The number of carbonyl (C=O) groups is 3. The summed E-state index contributed by atoms with van der Waals surface area (Å²) >= 11 is 0. The zero-order valence-corrected chi connectivity index (χ0v) is 20.3. The molecule has 4 atom stereocenters. The molecular weight excluding hydrogens is 446 g/mol. The molecule has 0 aromatic heterocycles. The van der Waals surface area contributed by atoms with Gasteiger partial charge in [0.25, 0.3) is 0 Å². The van der Waals surface area contributed by atoms with Crippen molar-refractivity contribution in [2.24, 2.45) is 23.3 Å². The summed E-state index contributed by atoms with van der Waals surface area (Å²) in [6.07, 6.45) is 1.15. The number of unbranched alkanes of at least 4 members (excludes halogenated alkanes) is 1. The molecule has 0 aliphatic carbocycles. The van der Waals surface area contributed by atoms with Crippen molar-refractivity contribution in [1.29, 1.82) is 0 Å². The standard InChI is InChI=1S/C26H37N5O4/c1-17(32)23(28)26(35)31-15-21(24(33)29-12-5-4-11-27)22(16-31)25(34)30-13-10-18-8-9-19-6-2-3-7-20(19)14-18/h2-3,6-9,14,17,21-23,32H,4-5,10-13,15-16,27-28H2,1H3,(H,29,33)(H,30,34)/t17-,21-,22-,23+/m1/s1. The van der Waals surface area contributed by atoms with Gasteiger partial charge in [0.15, 0.2) is 0 Å². The van der Waals surface area contributed by atoms with Crippen LogP contribution < -0.4 is 22.1 Å². The van der Waals surface area contributed by atoms with Gasteiger partial charge in [-0.1, -0.05) is 42.5 Å². The number of carbonyl (C=O) groups excluding carboxylic acids is 3. The zero-order valence-electron chi connectivity index (χ0n) is 20.3. The van der Waals surface area contributed by atoms with E-state index >= 15 is 0 Å². The minimum Gasteiger partial charge on any atom is -0.391 e. The number of nitrogens with one attached hydrogen (secondary N) is 2. The normalized spacial score (nSPS) is 19.4. The Hall–Kier alpha value is -3.01. The molecule has 0 unspecified atom stereocenters. The van der Waals surface area contributed by atoms with Gasteiger partial charge in [-0.25, -0.2) is 0 Å². The number of fused-ring (bicyclic) bond motifs is 1. The van der Waals surface area contributed by atoms with Crippen molar-refractivity contribution in [1.82, 2.24) is 15.5 Å². The first-order valence-corrected chi connectivity index (χ1v) is 12.3. The van der Waals surface area contributed by atoms with Gasteiger partial charge in [-0.2, -0.15) is 0 Å². The second-order valence-corrected chi connectivity index (χ2v) is 9.23. The molecule has 9 nitrogen and oxygen atoms in total. The monoisotopic (exact) mass is 483 g/mol. The summed E-state index contributed by atoms with van der Waals surface area (Å²) in [5.74, 6) is -2.37. The number of rotatable bonds is 11. The molecule has 0 saturated carbocycles. The van der Waals surface area contributed by atoms with Crippen LogP contribution in [0.15, 0.2) is 42.5 Å². The molecule has 1 aliphatic rings. The Morgan fingerprint density at radius 2 is 1.63 bits per heavy atom. The molecule has 35 heavy (non-hydrogen) atoms. The van der Waals surface area contributed by atoms with Crippen LogP contribution in [-0.2, 0) is 20.8 Å². The Labute approximate surface area is 206 Å². The average molecular weight is 484 g/mol. The molecule has 2 aromatic rings. The summed E-state index contributed by atoms with van der Waals surface area (Å²) < 4.78 is 0. The number of nitrogens with zero attached hydrogens (tertiary/aromatic N) is 1. The van der Waals surface area contributed by atoms with Gasteiger partial charge in [0.2, 0.25) is 17.7 Å². The maximum absolute atomic E-state index is 13.1. The predicted molar refractivity (Wildman–Crippen MR) is 135 cm³/mol. The van der Waals surface area contributed by atoms with Crippen molar-refractivity contribution in [2.75, 3.05) is 32.7 Å². The maximum atomic E-state index is 13.1. The first-order chi connectivity index (χ1) is 16.8. The Bertz CT molecular complexity index is 1030. The number of hydrogen-bond donors (Lipinski definition) is 5. The van der Waals surface area contributed by atoms with E-state index < -0.39 is 29.9 Å². The summed E-state index contributed by atoms with van der Waals surface area (Å²) in [6.45, 7) is 3.04. The molecule has 1 fully saturated rings. The van der Waals surface area contributed by atoms with E-state index in [9.17, 15) is 19.5 Å². The van der Waals surface area contributed by atoms with Gasteiger partial charge in [0, 0.05) is 26.2 Å². The number of likely N-dealkylation sites (tertiary alicyclic amines) is 1. The van der Waals surface area contributed by atoms with Gasteiger partial charge < -0.3 is 32.1 Å². The van der Waals surface area contributed by atoms with Crippen LogP contribution in [0.4, 0.5) is 0 Å². The lowest BCUT2D eigenvalue weighted by Crippen LogP contribution is -2.49. The van der Waals surface area contributed by atoms with E-state index in [1.54, 1.807) is 0 Å². The Balaban J connectivity index is 1.62. The van der Waals surface area contributed by atoms with Crippen molar-refractivity contribution < 1.29 is 19.5 Å². The molecule has 0 bridgehead atoms. The number of amides is 3. The number of aliphatic hydroxyl groups excluding tert-OH is 1. The summed E-state index contributed by atoms with van der Waals surface area (Å²) in [6, 6.07) is 13.2. The van der Waals surface area contributed by atoms with Gasteiger partial charge >= 0.3 is 0 Å². The Kier molecular flexibility index (Phi) is 9.59. The highest BCUT2D eigenvalue weighted by Crippen LogP contribution is 2.25. The average Bonchev–Trinajstić information content (AvgIpc) is 3.31. The summed E-state index contributed by atoms with van der Waals surface area (Å²) in [5.41, 5.74) is 12.4. The van der Waals surface area contributed by atoms with E-state index in [2.05, 4.69) is 34.9 Å². The third kappa shape index (κ3) is 7.00. The van der Waals surface area contributed by atoms with E-state index in [0.717, 1.165) is 29.2 Å². The number of benzene rings is 2. The number of hydrogen-bond acceptors (Lipinski definition) is 6. The zero-order chi connectivity index (χ0) is 25.4. The highest BCUT2D eigenvalue weighted by molar-refractivity contribution is 5.91. The number of nitrogens with two attached hydrogens (primary N) is 2. The molecule has 0 spiro atoms. The fourth-order valence-corrected chi connectivity index (χ4v) is 4.40. The summed E-state index contributed by atoms with van der Waals surface area (Å²) in [5, 5.41) is 17.8. The van der Waals surface area contributed by atoms with Crippen LogP contribution in [0.5, 0.6) is 0 Å². The van der Waals surface area contributed by atoms with E-state index in [1.165, 1.54) is 11.8 Å². The third-order valence-corrected chi connectivity index (χ3v) is 6.57. The minimum absolute atomic E-state index is 0.0853. The minimum atomic E-state index is -1.10. The first kappa shape index (κ1) is 26.6. The highest BCUT2D eigenvalue weighted by Gasteiger charge is 2.44. The second-order valence-electron chi connectivity index (χ2n) is 9.23. The third-order valence-electron chi connectivity index (χ3n) is 6.57. The Morgan fingerprint density at radius 3 is 2.26 bits per heavy atom. The van der Waals surface area contributed by atoms with Gasteiger partial charge in [0.1, 0.15) is 6.04 Å². The molecule has 2 aromatic carbocycles. The van der Waals surface area contributed by atoms with E-state index in [4.69, 9.17) is 11.5 Å². The molecule has 3 rings (SSSR count). The number of aliphatic hydroxyl groups is 1. The van der Waals surface area contributed by atoms with E-state index in [1.807, 2.05) is 18.2 Å². The van der Waals surface area contributed by atoms with E-state index in [0.29, 0.717) is 26.1 Å². The summed E-state index contributed by atoms with van der Waals surface area (Å²) in [4.78, 5) is 40.1. The molecule has 1 saturated heterocycles. The smallest absolute Gasteiger partial charge is 0.242 e. The topological polar surface area (TPSA) is 151 Å². The van der Waals surface area contributed by atoms with Crippen LogP contribution in [-0.4, -0.2) is 72.6 Å². The molecule has 7 N–H and O–H groups in total. The van der Waals surface area contributed by atoms with Gasteiger partial charge in [-0.15, -0.1) is 0 Å². The largest absolute Gasteiger partial charge is 0.391 e. The fourth-order valence-electron chi connectivity index (χ4n) is 4.40. The lowest BCUT2D eigenvalue weighted by atomic mass is 9.94. The van der Waals surface area contributed by atoms with Crippen LogP contribution in [0.2, 0.25) is 0 Å². The molecule has 3 amide bonds. The quantitative estimate of drug-likeness (QED) is 0.287. The van der Waals surface area contributed by atoms with Crippen molar-refractivity contribution in [2.45, 2.75) is 38.3 Å². The van der Waals surface area contributed by atoms with Crippen LogP contribution in [0.25, 0.3) is 10.8 Å². The SMILES string of the molecule is C[C@@H](O)[C@H](N)C(=O)N1C[C@@H](C(=O)NCCCCN)[C@H](C(=O)NCCc2ccc3ccccc3c2)C1. The Morgan fingerprint density at radius 1 is 1.00 bits per heavy atom. The molecule has 190 valence electrons. The summed E-state index contributed by atoms with van der Waals surface area (Å²) in [7, 11) is 0. The lowest BCUT2D eigenvalue weighted by molar-refractivity contribution is -0.134. The fraction of sp³-hybridized carbons (Fsp3) is 0.500. The van der Waals surface area contributed by atoms with Crippen LogP contribution in [0.1, 0.15) is 25.3 Å². The van der Waals surface area contributed by atoms with Gasteiger partial charge in [-0.05, 0) is 49.1 Å². The van der Waals surface area contributed by atoms with Gasteiger partial charge in [0.05, 0.1) is 17.9 Å². The molecule has 9 heteroatoms. The van der Waals surface area contributed by atoms with Crippen LogP contribution in [0, 0.1) is 11.8 Å². The van der Waals surface area contributed by atoms with Crippen molar-refractivity contribution in [3.63, 3.8) is 0 Å².